The molecule has 4 heteroatoms. The molecule has 148 valence electrons. The van der Waals surface area contributed by atoms with E-state index >= 15 is 0 Å². The van der Waals surface area contributed by atoms with Gasteiger partial charge < -0.3 is 4.74 Å². The van der Waals surface area contributed by atoms with Gasteiger partial charge in [-0.2, -0.15) is 4.91 Å². The van der Waals surface area contributed by atoms with Crippen molar-refractivity contribution in [1.29, 1.82) is 0 Å². The average molecular weight is 371 g/mol. The maximum atomic E-state index is 10.3. The second-order valence-electron chi connectivity index (χ2n) is 5.94. The molecule has 27 heavy (non-hydrogen) atoms. The fraction of sp³-hybridized carbons (Fsp3) is 0.478. The zero-order valence-electron chi connectivity index (χ0n) is 17.2. The number of nitrogens with zero attached hydrogens (tertiary/aromatic N) is 2. The van der Waals surface area contributed by atoms with Gasteiger partial charge in [-0.05, 0) is 23.1 Å². The summed E-state index contributed by atoms with van der Waals surface area (Å²) in [5, 5.41) is 2.92. The van der Waals surface area contributed by atoms with Crippen molar-refractivity contribution in [1.82, 2.24) is 4.90 Å². The first-order valence-corrected chi connectivity index (χ1v) is 10.1. The Morgan fingerprint density at radius 2 is 1.59 bits per heavy atom. The lowest BCUT2D eigenvalue weighted by molar-refractivity contribution is 0.0615. The average Bonchev–Trinajstić information content (AvgIpc) is 2.98. The van der Waals surface area contributed by atoms with E-state index in [1.807, 2.05) is 39.8 Å². The maximum Gasteiger partial charge on any atom is 0.106 e. The van der Waals surface area contributed by atoms with E-state index in [9.17, 15) is 4.91 Å². The molecule has 0 amide bonds. The molecule has 3 rings (SSSR count). The summed E-state index contributed by atoms with van der Waals surface area (Å²) >= 11 is 0. The van der Waals surface area contributed by atoms with Crippen LogP contribution in [0.3, 0.4) is 0 Å². The summed E-state index contributed by atoms with van der Waals surface area (Å²) in [7, 11) is 0. The quantitative estimate of drug-likeness (QED) is 0.609. The van der Waals surface area contributed by atoms with E-state index in [4.69, 9.17) is 4.74 Å². The lowest BCUT2D eigenvalue weighted by Gasteiger charge is -2.19. The summed E-state index contributed by atoms with van der Waals surface area (Å²) in [6, 6.07) is 18.6. The Kier molecular flexibility index (Phi) is 12.0. The van der Waals surface area contributed by atoms with Crippen molar-refractivity contribution in [3.63, 3.8) is 0 Å². The monoisotopic (exact) mass is 370 g/mol. The molecular weight excluding hydrogens is 336 g/mol. The smallest absolute Gasteiger partial charge is 0.106 e. The van der Waals surface area contributed by atoms with E-state index in [0.717, 1.165) is 38.2 Å². The number of hydrogen-bond acceptors (Lipinski definition) is 4. The Morgan fingerprint density at radius 3 is 2.22 bits per heavy atom. The van der Waals surface area contributed by atoms with Gasteiger partial charge in [0.05, 0.1) is 12.7 Å². The van der Waals surface area contributed by atoms with Gasteiger partial charge in [0.1, 0.15) is 6.54 Å². The minimum atomic E-state index is 0.133. The fourth-order valence-corrected chi connectivity index (χ4v) is 2.99. The van der Waals surface area contributed by atoms with Gasteiger partial charge in [0, 0.05) is 19.6 Å². The standard InChI is InChI=1S/C19H22N2O2.2C2H6/c22-20-14-16-6-8-18(9-7-16)19-10-11-21(12-13-23-19)15-17-4-2-1-3-5-17;2*1-2/h1-9,19H,10-15H2;2*1-2H3. The minimum Gasteiger partial charge on any atom is -0.372 e. The van der Waals surface area contributed by atoms with Crippen LogP contribution in [0, 0.1) is 4.91 Å². The van der Waals surface area contributed by atoms with Gasteiger partial charge in [0.2, 0.25) is 0 Å². The van der Waals surface area contributed by atoms with E-state index in [-0.39, 0.29) is 12.6 Å². The highest BCUT2D eigenvalue weighted by Gasteiger charge is 2.19. The van der Waals surface area contributed by atoms with Crippen molar-refractivity contribution in [3.8, 4) is 0 Å². The number of rotatable bonds is 5. The first-order chi connectivity index (χ1) is 13.3. The number of hydrogen-bond donors (Lipinski definition) is 0. The van der Waals surface area contributed by atoms with Gasteiger partial charge in [0.25, 0.3) is 0 Å². The summed E-state index contributed by atoms with van der Waals surface area (Å²) in [4.78, 5) is 12.8. The normalized spacial score (nSPS) is 16.8. The Labute approximate surface area is 164 Å². The molecule has 1 aliphatic heterocycles. The van der Waals surface area contributed by atoms with E-state index in [2.05, 4.69) is 52.5 Å². The zero-order chi connectivity index (χ0) is 19.9. The first-order valence-electron chi connectivity index (χ1n) is 10.1. The molecule has 0 bridgehead atoms. The molecule has 0 aromatic heterocycles. The summed E-state index contributed by atoms with van der Waals surface area (Å²) in [5.41, 5.74) is 3.47. The van der Waals surface area contributed by atoms with Gasteiger partial charge in [-0.1, -0.05) is 87.5 Å². The van der Waals surface area contributed by atoms with Crippen LogP contribution in [0.25, 0.3) is 0 Å². The molecule has 1 fully saturated rings. The van der Waals surface area contributed by atoms with E-state index in [1.165, 1.54) is 11.1 Å². The van der Waals surface area contributed by atoms with Crippen LogP contribution in [0.4, 0.5) is 0 Å². The Bertz CT molecular complexity index is 614. The molecule has 0 aliphatic carbocycles. The number of benzene rings is 2. The largest absolute Gasteiger partial charge is 0.372 e. The van der Waals surface area contributed by atoms with Crippen LogP contribution in [-0.2, 0) is 17.8 Å². The van der Waals surface area contributed by atoms with E-state index in [1.54, 1.807) is 0 Å². The highest BCUT2D eigenvalue weighted by Crippen LogP contribution is 2.25. The zero-order valence-corrected chi connectivity index (χ0v) is 17.2. The minimum absolute atomic E-state index is 0.133. The van der Waals surface area contributed by atoms with Crippen LogP contribution in [0.15, 0.2) is 59.8 Å². The summed E-state index contributed by atoms with van der Waals surface area (Å²) in [6.45, 7) is 11.9. The van der Waals surface area contributed by atoms with E-state index in [0.29, 0.717) is 0 Å². The van der Waals surface area contributed by atoms with Gasteiger partial charge in [0.15, 0.2) is 0 Å². The van der Waals surface area contributed by atoms with Crippen molar-refractivity contribution in [2.75, 3.05) is 19.7 Å². The van der Waals surface area contributed by atoms with Crippen molar-refractivity contribution >= 4 is 0 Å². The van der Waals surface area contributed by atoms with Crippen molar-refractivity contribution in [2.45, 2.75) is 53.3 Å². The summed E-state index contributed by atoms with van der Waals surface area (Å²) in [6.07, 6.45) is 1.12. The third-order valence-corrected chi connectivity index (χ3v) is 4.28. The molecule has 1 heterocycles. The molecule has 2 aromatic rings. The molecule has 0 radical (unpaired) electrons. The molecular formula is C23H34N2O2. The van der Waals surface area contributed by atoms with Crippen LogP contribution in [0.2, 0.25) is 0 Å². The van der Waals surface area contributed by atoms with Crippen molar-refractivity contribution in [3.05, 3.63) is 76.2 Å². The van der Waals surface area contributed by atoms with Gasteiger partial charge in [-0.3, -0.25) is 4.90 Å². The van der Waals surface area contributed by atoms with Gasteiger partial charge in [-0.15, -0.1) is 0 Å². The Morgan fingerprint density at radius 1 is 0.926 bits per heavy atom. The molecule has 1 saturated heterocycles. The van der Waals surface area contributed by atoms with Gasteiger partial charge in [-0.25, -0.2) is 0 Å². The SMILES string of the molecule is CC.CC.O=NCc1ccc(C2CCN(Cc3ccccc3)CCO2)cc1. The van der Waals surface area contributed by atoms with Crippen LogP contribution in [0.5, 0.6) is 0 Å². The lowest BCUT2D eigenvalue weighted by atomic mass is 10.0. The second kappa shape index (κ2) is 14.1. The van der Waals surface area contributed by atoms with Gasteiger partial charge >= 0.3 is 0 Å². The lowest BCUT2D eigenvalue weighted by Crippen LogP contribution is -2.25. The molecule has 0 N–H and O–H groups in total. The van der Waals surface area contributed by atoms with Crippen molar-refractivity contribution in [2.24, 2.45) is 5.18 Å². The fourth-order valence-electron chi connectivity index (χ4n) is 2.99. The molecule has 2 aromatic carbocycles. The topological polar surface area (TPSA) is 41.9 Å². The van der Waals surface area contributed by atoms with Crippen LogP contribution < -0.4 is 0 Å². The number of nitroso groups, excluding NO2 is 1. The summed E-state index contributed by atoms with van der Waals surface area (Å²) in [5.74, 6) is 0. The van der Waals surface area contributed by atoms with Crippen LogP contribution in [-0.4, -0.2) is 24.6 Å². The molecule has 4 nitrogen and oxygen atoms in total. The highest BCUT2D eigenvalue weighted by molar-refractivity contribution is 5.24. The third-order valence-electron chi connectivity index (χ3n) is 4.28. The van der Waals surface area contributed by atoms with Crippen LogP contribution in [0.1, 0.15) is 56.9 Å². The Hall–Kier alpha value is -2.04. The first kappa shape index (κ1) is 23.0. The summed E-state index contributed by atoms with van der Waals surface area (Å²) < 4.78 is 6.03. The van der Waals surface area contributed by atoms with Crippen LogP contribution >= 0.6 is 0 Å². The Balaban J connectivity index is 0.000000855. The maximum absolute atomic E-state index is 10.3. The number of ether oxygens (including phenoxy) is 1. The molecule has 1 aliphatic rings. The third kappa shape index (κ3) is 8.02. The molecule has 1 unspecified atom stereocenters. The second-order valence-corrected chi connectivity index (χ2v) is 5.94. The molecule has 0 saturated carbocycles. The molecule has 0 spiro atoms. The predicted molar refractivity (Wildman–Crippen MR) is 114 cm³/mol. The van der Waals surface area contributed by atoms with E-state index < -0.39 is 0 Å². The molecule has 1 atom stereocenters. The highest BCUT2D eigenvalue weighted by atomic mass is 16.5. The predicted octanol–water partition coefficient (Wildman–Crippen LogP) is 5.97. The van der Waals surface area contributed by atoms with Crippen molar-refractivity contribution < 1.29 is 4.74 Å².